The number of unbranched alkanes of at least 4 members (excludes halogenated alkanes) is 1. The molecule has 1 saturated carbocycles. The molecule has 0 bridgehead atoms. The van der Waals surface area contributed by atoms with Gasteiger partial charge in [0.25, 0.3) is 5.91 Å². The fourth-order valence-corrected chi connectivity index (χ4v) is 3.60. The molecule has 0 saturated heterocycles. The number of rotatable bonds is 9. The average Bonchev–Trinajstić information content (AvgIpc) is 2.67. The SMILES string of the molecule is CCCCOc1ccc(NC(=O)[C@]2(OCCC)CCC[C@H](C)C2)cc1C#N. The van der Waals surface area contributed by atoms with E-state index in [0.29, 0.717) is 36.1 Å². The second kappa shape index (κ2) is 10.3. The summed E-state index contributed by atoms with van der Waals surface area (Å²) in [6, 6.07) is 7.39. The summed E-state index contributed by atoms with van der Waals surface area (Å²) in [7, 11) is 0. The van der Waals surface area contributed by atoms with Crippen molar-refractivity contribution in [2.75, 3.05) is 18.5 Å². The maximum atomic E-state index is 13.1. The van der Waals surface area contributed by atoms with Gasteiger partial charge < -0.3 is 14.8 Å². The molecule has 27 heavy (non-hydrogen) atoms. The van der Waals surface area contributed by atoms with Crippen molar-refractivity contribution < 1.29 is 14.3 Å². The summed E-state index contributed by atoms with van der Waals surface area (Å²) in [4.78, 5) is 13.1. The third-order valence-corrected chi connectivity index (χ3v) is 5.07. The van der Waals surface area contributed by atoms with E-state index in [1.165, 1.54) is 0 Å². The summed E-state index contributed by atoms with van der Waals surface area (Å²) in [6.07, 6.45) is 6.46. The highest BCUT2D eigenvalue weighted by Crippen LogP contribution is 2.36. The molecular weight excluding hydrogens is 340 g/mol. The van der Waals surface area contributed by atoms with Gasteiger partial charge in [-0.1, -0.05) is 33.6 Å². The number of carbonyl (C=O) groups excluding carboxylic acids is 1. The van der Waals surface area contributed by atoms with Gasteiger partial charge in [0, 0.05) is 12.3 Å². The zero-order valence-electron chi connectivity index (χ0n) is 16.8. The van der Waals surface area contributed by atoms with Gasteiger partial charge in [0.1, 0.15) is 17.4 Å². The quantitative estimate of drug-likeness (QED) is 0.616. The summed E-state index contributed by atoms with van der Waals surface area (Å²) in [5.41, 5.74) is 0.276. The summed E-state index contributed by atoms with van der Waals surface area (Å²) >= 11 is 0. The van der Waals surface area contributed by atoms with Crippen LogP contribution in [-0.2, 0) is 9.53 Å². The standard InChI is InChI=1S/C22H32N2O3/c1-4-6-13-26-20-10-9-19(14-18(20)16-23)24-21(25)22(27-12-5-2)11-7-8-17(3)15-22/h9-10,14,17H,4-8,11-13,15H2,1-3H3,(H,24,25)/t17-,22-/m0/s1. The number of amides is 1. The first-order valence-corrected chi connectivity index (χ1v) is 10.2. The van der Waals surface area contributed by atoms with Crippen molar-refractivity contribution in [3.05, 3.63) is 23.8 Å². The summed E-state index contributed by atoms with van der Waals surface area (Å²) in [5.74, 6) is 0.920. The predicted molar refractivity (Wildman–Crippen MR) is 107 cm³/mol. The number of ether oxygens (including phenoxy) is 2. The molecule has 5 heteroatoms. The number of carbonyl (C=O) groups is 1. The lowest BCUT2D eigenvalue weighted by molar-refractivity contribution is -0.148. The van der Waals surface area contributed by atoms with Crippen LogP contribution < -0.4 is 10.1 Å². The lowest BCUT2D eigenvalue weighted by Crippen LogP contribution is -2.48. The molecule has 1 aliphatic carbocycles. The number of anilines is 1. The van der Waals surface area contributed by atoms with Crippen molar-refractivity contribution in [1.29, 1.82) is 5.26 Å². The summed E-state index contributed by atoms with van der Waals surface area (Å²) in [5, 5.41) is 12.4. The van der Waals surface area contributed by atoms with Crippen LogP contribution in [-0.4, -0.2) is 24.7 Å². The number of nitrogens with zero attached hydrogens (tertiary/aromatic N) is 1. The third kappa shape index (κ3) is 5.71. The van der Waals surface area contributed by atoms with Gasteiger partial charge in [0.2, 0.25) is 0 Å². The van der Waals surface area contributed by atoms with Crippen LogP contribution in [0.4, 0.5) is 5.69 Å². The molecule has 1 amide bonds. The maximum Gasteiger partial charge on any atom is 0.256 e. The molecule has 5 nitrogen and oxygen atoms in total. The number of nitrogens with one attached hydrogen (secondary N) is 1. The van der Waals surface area contributed by atoms with Crippen LogP contribution in [0.1, 0.15) is 71.3 Å². The fraction of sp³-hybridized carbons (Fsp3) is 0.636. The first-order chi connectivity index (χ1) is 13.0. The molecule has 0 radical (unpaired) electrons. The molecule has 0 aliphatic heterocycles. The van der Waals surface area contributed by atoms with E-state index in [1.807, 2.05) is 6.92 Å². The van der Waals surface area contributed by atoms with Gasteiger partial charge in [-0.05, 0) is 56.2 Å². The zero-order valence-corrected chi connectivity index (χ0v) is 16.8. The predicted octanol–water partition coefficient (Wildman–Crippen LogP) is 5.05. The largest absolute Gasteiger partial charge is 0.492 e. The first-order valence-electron chi connectivity index (χ1n) is 10.2. The van der Waals surface area contributed by atoms with Gasteiger partial charge in [-0.3, -0.25) is 4.79 Å². The Morgan fingerprint density at radius 2 is 2.15 bits per heavy atom. The molecule has 2 atom stereocenters. The van der Waals surface area contributed by atoms with E-state index < -0.39 is 5.60 Å². The highest BCUT2D eigenvalue weighted by atomic mass is 16.5. The van der Waals surface area contributed by atoms with Gasteiger partial charge in [-0.15, -0.1) is 0 Å². The minimum atomic E-state index is -0.767. The molecule has 148 valence electrons. The first kappa shape index (κ1) is 21.2. The molecule has 2 rings (SSSR count). The smallest absolute Gasteiger partial charge is 0.256 e. The normalized spacial score (nSPS) is 22.1. The van der Waals surface area contributed by atoms with Crippen molar-refractivity contribution in [3.8, 4) is 11.8 Å². The average molecular weight is 373 g/mol. The lowest BCUT2D eigenvalue weighted by atomic mass is 9.78. The fourth-order valence-electron chi connectivity index (χ4n) is 3.60. The lowest BCUT2D eigenvalue weighted by Gasteiger charge is -2.38. The number of nitriles is 1. The molecule has 0 unspecified atom stereocenters. The highest BCUT2D eigenvalue weighted by Gasteiger charge is 2.42. The number of hydrogen-bond acceptors (Lipinski definition) is 4. The van der Waals surface area contributed by atoms with Crippen LogP contribution in [0.2, 0.25) is 0 Å². The van der Waals surface area contributed by atoms with Gasteiger partial charge in [0.15, 0.2) is 0 Å². The van der Waals surface area contributed by atoms with E-state index in [1.54, 1.807) is 18.2 Å². The Kier molecular flexibility index (Phi) is 8.12. The van der Waals surface area contributed by atoms with E-state index in [9.17, 15) is 10.1 Å². The molecule has 0 heterocycles. The zero-order chi connectivity index (χ0) is 19.7. The minimum absolute atomic E-state index is 0.106. The minimum Gasteiger partial charge on any atom is -0.492 e. The second-order valence-electron chi connectivity index (χ2n) is 7.52. The maximum absolute atomic E-state index is 13.1. The Balaban J connectivity index is 2.13. The topological polar surface area (TPSA) is 71.3 Å². The van der Waals surface area contributed by atoms with Gasteiger partial charge in [-0.2, -0.15) is 5.26 Å². The number of hydrogen-bond donors (Lipinski definition) is 1. The Labute approximate surface area is 163 Å². The van der Waals surface area contributed by atoms with E-state index >= 15 is 0 Å². The van der Waals surface area contributed by atoms with Gasteiger partial charge in [0.05, 0.1) is 12.2 Å². The van der Waals surface area contributed by atoms with Crippen molar-refractivity contribution in [2.45, 2.75) is 71.3 Å². The molecule has 1 N–H and O–H groups in total. The highest BCUT2D eigenvalue weighted by molar-refractivity contribution is 5.97. The summed E-state index contributed by atoms with van der Waals surface area (Å²) in [6.45, 7) is 7.48. The van der Waals surface area contributed by atoms with E-state index in [0.717, 1.165) is 44.9 Å². The Bertz CT molecular complexity index is 668. The monoisotopic (exact) mass is 372 g/mol. The number of benzene rings is 1. The molecule has 0 spiro atoms. The second-order valence-corrected chi connectivity index (χ2v) is 7.52. The summed E-state index contributed by atoms with van der Waals surface area (Å²) < 4.78 is 11.7. The van der Waals surface area contributed by atoms with E-state index in [2.05, 4.69) is 25.2 Å². The van der Waals surface area contributed by atoms with Crippen LogP contribution in [0.3, 0.4) is 0 Å². The molecular formula is C22H32N2O3. The Morgan fingerprint density at radius 1 is 1.33 bits per heavy atom. The van der Waals surface area contributed by atoms with Crippen molar-refractivity contribution in [3.63, 3.8) is 0 Å². The molecule has 1 fully saturated rings. The van der Waals surface area contributed by atoms with Crippen LogP contribution in [0.15, 0.2) is 18.2 Å². The van der Waals surface area contributed by atoms with E-state index in [-0.39, 0.29) is 5.91 Å². The van der Waals surface area contributed by atoms with Crippen LogP contribution >= 0.6 is 0 Å². The van der Waals surface area contributed by atoms with Crippen LogP contribution in [0.5, 0.6) is 5.75 Å². The molecule has 1 aromatic rings. The Hall–Kier alpha value is -2.06. The third-order valence-electron chi connectivity index (χ3n) is 5.07. The molecule has 1 aromatic carbocycles. The van der Waals surface area contributed by atoms with Gasteiger partial charge in [-0.25, -0.2) is 0 Å². The molecule has 0 aromatic heterocycles. The van der Waals surface area contributed by atoms with Crippen molar-refractivity contribution >= 4 is 11.6 Å². The Morgan fingerprint density at radius 3 is 2.81 bits per heavy atom. The van der Waals surface area contributed by atoms with Crippen molar-refractivity contribution in [2.24, 2.45) is 5.92 Å². The van der Waals surface area contributed by atoms with Gasteiger partial charge >= 0.3 is 0 Å². The van der Waals surface area contributed by atoms with Crippen LogP contribution in [0.25, 0.3) is 0 Å². The molecule has 1 aliphatic rings. The van der Waals surface area contributed by atoms with Crippen LogP contribution in [0, 0.1) is 17.2 Å². The van der Waals surface area contributed by atoms with Crippen molar-refractivity contribution in [1.82, 2.24) is 0 Å². The van der Waals surface area contributed by atoms with E-state index in [4.69, 9.17) is 9.47 Å².